The van der Waals surface area contributed by atoms with E-state index in [9.17, 15) is 4.79 Å². The van der Waals surface area contributed by atoms with E-state index >= 15 is 0 Å². The minimum atomic E-state index is -0.111. The topological polar surface area (TPSA) is 64.1 Å². The average molecular weight is 339 g/mol. The smallest absolute Gasteiger partial charge is 0.251 e. The van der Waals surface area contributed by atoms with Crippen molar-refractivity contribution in [2.45, 2.75) is 13.2 Å². The molecule has 1 amide bonds. The molecule has 0 bridgehead atoms. The molecule has 0 aliphatic carbocycles. The van der Waals surface area contributed by atoms with Gasteiger partial charge in [-0.15, -0.1) is 11.3 Å². The Hall–Kier alpha value is -2.57. The zero-order chi connectivity index (χ0) is 16.8. The van der Waals surface area contributed by atoms with Crippen molar-refractivity contribution in [2.75, 3.05) is 7.11 Å². The molecule has 0 unspecified atom stereocenters. The number of ether oxygens (including phenoxy) is 1. The van der Waals surface area contributed by atoms with Gasteiger partial charge in [0.25, 0.3) is 5.91 Å². The molecule has 0 aliphatic rings. The number of nitrogens with one attached hydrogen (secondary N) is 1. The molecule has 3 aromatic rings. The van der Waals surface area contributed by atoms with Crippen molar-refractivity contribution in [3.05, 3.63) is 70.3 Å². The zero-order valence-electron chi connectivity index (χ0n) is 13.2. The highest BCUT2D eigenvalue weighted by Gasteiger charge is 2.08. The first-order valence-corrected chi connectivity index (χ1v) is 8.35. The molecule has 0 fully saturated rings. The van der Waals surface area contributed by atoms with E-state index in [2.05, 4.69) is 15.3 Å². The van der Waals surface area contributed by atoms with Crippen LogP contribution in [0.2, 0.25) is 0 Å². The highest BCUT2D eigenvalue weighted by molar-refractivity contribution is 7.09. The number of rotatable bonds is 6. The predicted molar refractivity (Wildman–Crippen MR) is 93.7 cm³/mol. The minimum absolute atomic E-state index is 0.111. The van der Waals surface area contributed by atoms with Gasteiger partial charge in [0.05, 0.1) is 18.8 Å². The second kappa shape index (κ2) is 7.81. The van der Waals surface area contributed by atoms with Crippen molar-refractivity contribution >= 4 is 17.2 Å². The van der Waals surface area contributed by atoms with Crippen molar-refractivity contribution in [3.8, 4) is 11.3 Å². The standard InChI is InChI=1S/C18H17N3O2S/c1-23-11-13-2-4-15(5-3-13)18(22)20-10-17-21-16(12-24-17)14-6-8-19-9-7-14/h2-9,12H,10-11H2,1H3,(H,20,22). The lowest BCUT2D eigenvalue weighted by Crippen LogP contribution is -2.22. The third-order valence-electron chi connectivity index (χ3n) is 3.46. The molecular formula is C18H17N3O2S. The van der Waals surface area contributed by atoms with Crippen LogP contribution in [0, 0.1) is 0 Å². The molecule has 0 aliphatic heterocycles. The third kappa shape index (κ3) is 4.04. The van der Waals surface area contributed by atoms with E-state index in [1.165, 1.54) is 11.3 Å². The van der Waals surface area contributed by atoms with Crippen LogP contribution < -0.4 is 5.32 Å². The van der Waals surface area contributed by atoms with Crippen LogP contribution in [0.25, 0.3) is 11.3 Å². The van der Waals surface area contributed by atoms with E-state index in [1.807, 2.05) is 29.6 Å². The number of benzene rings is 1. The average Bonchev–Trinajstić information content (AvgIpc) is 3.10. The molecule has 0 saturated carbocycles. The van der Waals surface area contributed by atoms with Crippen molar-refractivity contribution < 1.29 is 9.53 Å². The number of hydrogen-bond donors (Lipinski definition) is 1. The van der Waals surface area contributed by atoms with Crippen LogP contribution in [0.3, 0.4) is 0 Å². The lowest BCUT2D eigenvalue weighted by Gasteiger charge is -2.04. The first kappa shape index (κ1) is 16.3. The summed E-state index contributed by atoms with van der Waals surface area (Å²) in [6, 6.07) is 11.2. The van der Waals surface area contributed by atoms with Crippen LogP contribution >= 0.6 is 11.3 Å². The van der Waals surface area contributed by atoms with E-state index in [4.69, 9.17) is 4.74 Å². The number of aromatic nitrogens is 2. The maximum absolute atomic E-state index is 12.2. The predicted octanol–water partition coefficient (Wildman–Crippen LogP) is 3.28. The number of amides is 1. The SMILES string of the molecule is COCc1ccc(C(=O)NCc2nc(-c3ccncc3)cs2)cc1. The fraction of sp³-hybridized carbons (Fsp3) is 0.167. The lowest BCUT2D eigenvalue weighted by atomic mass is 10.1. The van der Waals surface area contributed by atoms with Gasteiger partial charge in [0.15, 0.2) is 0 Å². The van der Waals surface area contributed by atoms with Gasteiger partial charge in [-0.3, -0.25) is 9.78 Å². The van der Waals surface area contributed by atoms with Crippen molar-refractivity contribution in [3.63, 3.8) is 0 Å². The van der Waals surface area contributed by atoms with Crippen molar-refractivity contribution in [1.82, 2.24) is 15.3 Å². The van der Waals surface area contributed by atoms with Gasteiger partial charge in [-0.2, -0.15) is 0 Å². The highest BCUT2D eigenvalue weighted by atomic mass is 32.1. The number of hydrogen-bond acceptors (Lipinski definition) is 5. The first-order valence-electron chi connectivity index (χ1n) is 7.47. The quantitative estimate of drug-likeness (QED) is 0.748. The number of methoxy groups -OCH3 is 1. The Bertz CT molecular complexity index is 801. The maximum atomic E-state index is 12.2. The fourth-order valence-electron chi connectivity index (χ4n) is 2.22. The molecule has 0 radical (unpaired) electrons. The Morgan fingerprint density at radius 3 is 2.62 bits per heavy atom. The van der Waals surface area contributed by atoms with Crippen LogP contribution in [-0.2, 0) is 17.9 Å². The Balaban J connectivity index is 1.59. The normalized spacial score (nSPS) is 10.5. The van der Waals surface area contributed by atoms with Crippen LogP contribution in [0.1, 0.15) is 20.9 Å². The summed E-state index contributed by atoms with van der Waals surface area (Å²) in [5.74, 6) is -0.111. The number of pyridine rings is 1. The Labute approximate surface area is 144 Å². The molecule has 3 rings (SSSR count). The molecule has 0 saturated heterocycles. The van der Waals surface area contributed by atoms with E-state index in [0.29, 0.717) is 18.7 Å². The van der Waals surface area contributed by atoms with Crippen LogP contribution in [0.5, 0.6) is 0 Å². The van der Waals surface area contributed by atoms with Gasteiger partial charge in [-0.25, -0.2) is 4.98 Å². The summed E-state index contributed by atoms with van der Waals surface area (Å²) in [6.07, 6.45) is 3.48. The summed E-state index contributed by atoms with van der Waals surface area (Å²) in [6.45, 7) is 0.952. The first-order chi connectivity index (χ1) is 11.8. The summed E-state index contributed by atoms with van der Waals surface area (Å²) < 4.78 is 5.06. The van der Waals surface area contributed by atoms with Crippen molar-refractivity contribution in [1.29, 1.82) is 0 Å². The molecule has 1 N–H and O–H groups in total. The van der Waals surface area contributed by atoms with Gasteiger partial charge >= 0.3 is 0 Å². The molecular weight excluding hydrogens is 322 g/mol. The lowest BCUT2D eigenvalue weighted by molar-refractivity contribution is 0.0951. The Morgan fingerprint density at radius 2 is 1.92 bits per heavy atom. The second-order valence-electron chi connectivity index (χ2n) is 5.17. The van der Waals surface area contributed by atoms with Gasteiger partial charge in [-0.05, 0) is 29.8 Å². The second-order valence-corrected chi connectivity index (χ2v) is 6.12. The van der Waals surface area contributed by atoms with Crippen LogP contribution in [0.4, 0.5) is 0 Å². The molecule has 1 aromatic carbocycles. The molecule has 2 heterocycles. The van der Waals surface area contributed by atoms with Gasteiger partial charge in [-0.1, -0.05) is 12.1 Å². The van der Waals surface area contributed by atoms with E-state index < -0.39 is 0 Å². The number of thiazole rings is 1. The van der Waals surface area contributed by atoms with Gasteiger partial charge < -0.3 is 10.1 Å². The Kier molecular flexibility index (Phi) is 5.30. The van der Waals surface area contributed by atoms with E-state index in [1.54, 1.807) is 31.6 Å². The van der Waals surface area contributed by atoms with Gasteiger partial charge in [0, 0.05) is 36.0 Å². The van der Waals surface area contributed by atoms with E-state index in [0.717, 1.165) is 21.8 Å². The summed E-state index contributed by atoms with van der Waals surface area (Å²) in [5.41, 5.74) is 3.58. The monoisotopic (exact) mass is 339 g/mol. The summed E-state index contributed by atoms with van der Waals surface area (Å²) in [4.78, 5) is 20.7. The molecule has 0 atom stereocenters. The molecule has 0 spiro atoms. The summed E-state index contributed by atoms with van der Waals surface area (Å²) >= 11 is 1.53. The largest absolute Gasteiger partial charge is 0.380 e. The Morgan fingerprint density at radius 1 is 1.17 bits per heavy atom. The van der Waals surface area contributed by atoms with Crippen LogP contribution in [0.15, 0.2) is 54.2 Å². The molecule has 24 heavy (non-hydrogen) atoms. The maximum Gasteiger partial charge on any atom is 0.251 e. The fourth-order valence-corrected chi connectivity index (χ4v) is 2.97. The number of carbonyl (C=O) groups excluding carboxylic acids is 1. The number of nitrogens with zero attached hydrogens (tertiary/aromatic N) is 2. The van der Waals surface area contributed by atoms with Gasteiger partial charge in [0.2, 0.25) is 0 Å². The van der Waals surface area contributed by atoms with E-state index in [-0.39, 0.29) is 5.91 Å². The number of carbonyl (C=O) groups is 1. The molecule has 6 heteroatoms. The van der Waals surface area contributed by atoms with Gasteiger partial charge in [0.1, 0.15) is 5.01 Å². The molecule has 2 aromatic heterocycles. The highest BCUT2D eigenvalue weighted by Crippen LogP contribution is 2.21. The zero-order valence-corrected chi connectivity index (χ0v) is 14.0. The van der Waals surface area contributed by atoms with Crippen LogP contribution in [-0.4, -0.2) is 23.0 Å². The van der Waals surface area contributed by atoms with Crippen molar-refractivity contribution in [2.24, 2.45) is 0 Å². The summed E-state index contributed by atoms with van der Waals surface area (Å²) in [7, 11) is 1.65. The third-order valence-corrected chi connectivity index (χ3v) is 4.30. The molecule has 122 valence electrons. The summed E-state index contributed by atoms with van der Waals surface area (Å²) in [5, 5.41) is 5.75. The minimum Gasteiger partial charge on any atom is -0.380 e. The molecule has 5 nitrogen and oxygen atoms in total.